The van der Waals surface area contributed by atoms with Crippen LogP contribution in [-0.2, 0) is 4.79 Å². The fourth-order valence-corrected chi connectivity index (χ4v) is 3.44. The molecule has 26 heavy (non-hydrogen) atoms. The van der Waals surface area contributed by atoms with Gasteiger partial charge in [0.15, 0.2) is 0 Å². The third-order valence-corrected chi connectivity index (χ3v) is 5.18. The van der Waals surface area contributed by atoms with Gasteiger partial charge in [0.2, 0.25) is 0 Å². The van der Waals surface area contributed by atoms with E-state index in [4.69, 9.17) is 4.98 Å². The molecule has 0 bridgehead atoms. The molecule has 2 atom stereocenters. The molecule has 0 radical (unpaired) electrons. The van der Waals surface area contributed by atoms with Gasteiger partial charge in [0.05, 0.1) is 0 Å². The van der Waals surface area contributed by atoms with Crippen LogP contribution in [0.1, 0.15) is 52.6 Å². The number of hydrogen-bond donors (Lipinski definition) is 2. The minimum atomic E-state index is -0.0343. The highest BCUT2D eigenvalue weighted by Crippen LogP contribution is 2.30. The molecule has 0 spiro atoms. The molecule has 146 valence electrons. The Kier molecular flexibility index (Phi) is 7.59. The Morgan fingerprint density at radius 1 is 1.31 bits per heavy atom. The van der Waals surface area contributed by atoms with Gasteiger partial charge in [-0.1, -0.05) is 40.7 Å². The van der Waals surface area contributed by atoms with Crippen LogP contribution in [0.3, 0.4) is 0 Å². The first-order valence-corrected chi connectivity index (χ1v) is 9.92. The highest BCUT2D eigenvalue weighted by Gasteiger charge is 2.27. The van der Waals surface area contributed by atoms with Gasteiger partial charge in [-0.05, 0) is 23.8 Å². The van der Waals surface area contributed by atoms with Crippen molar-refractivity contribution >= 4 is 12.1 Å². The minimum Gasteiger partial charge on any atom is -0.354 e. The highest BCUT2D eigenvalue weighted by atomic mass is 16.1. The molecular weight excluding hydrogens is 324 g/mol. The number of aromatic nitrogens is 1. The predicted octanol–water partition coefficient (Wildman–Crippen LogP) is 3.03. The topological polar surface area (TPSA) is 57.3 Å². The lowest BCUT2D eigenvalue weighted by Crippen LogP contribution is -2.44. The van der Waals surface area contributed by atoms with Crippen LogP contribution in [0.15, 0.2) is 18.3 Å². The summed E-state index contributed by atoms with van der Waals surface area (Å²) in [7, 11) is 0. The van der Waals surface area contributed by atoms with Crippen molar-refractivity contribution in [1.29, 1.82) is 0 Å². The molecule has 2 N–H and O–H groups in total. The summed E-state index contributed by atoms with van der Waals surface area (Å²) >= 11 is 0. The molecule has 0 amide bonds. The maximum absolute atomic E-state index is 11.6. The van der Waals surface area contributed by atoms with Crippen LogP contribution in [-0.4, -0.2) is 44.0 Å². The standard InChI is InChI=1S/C21H36N4O/c1-16(2)13-19(24-14-17(15-26)21(3,4)5)18-7-6-8-23-20(18)25-11-9-22-10-12-25/h6-8,15-17,19,22,24H,9-14H2,1-5H3/t17-,19?/m1/s1. The van der Waals surface area contributed by atoms with Gasteiger partial charge in [-0.25, -0.2) is 4.98 Å². The Balaban J connectivity index is 2.22. The second-order valence-corrected chi connectivity index (χ2v) is 8.85. The van der Waals surface area contributed by atoms with Crippen molar-refractivity contribution in [3.8, 4) is 0 Å². The van der Waals surface area contributed by atoms with E-state index in [-0.39, 0.29) is 17.4 Å². The van der Waals surface area contributed by atoms with Crippen molar-refractivity contribution in [3.63, 3.8) is 0 Å². The summed E-state index contributed by atoms with van der Waals surface area (Å²) in [6.45, 7) is 15.5. The Bertz CT molecular complexity index is 561. The normalized spacial score (nSPS) is 18.0. The van der Waals surface area contributed by atoms with Crippen LogP contribution < -0.4 is 15.5 Å². The molecule has 0 aromatic carbocycles. The molecule has 1 saturated heterocycles. The fraction of sp³-hybridized carbons (Fsp3) is 0.714. The fourth-order valence-electron chi connectivity index (χ4n) is 3.44. The number of nitrogens with zero attached hydrogens (tertiary/aromatic N) is 2. The zero-order valence-electron chi connectivity index (χ0n) is 17.1. The first kappa shape index (κ1) is 20.8. The summed E-state index contributed by atoms with van der Waals surface area (Å²) in [5, 5.41) is 7.10. The smallest absolute Gasteiger partial charge is 0.133 e. The monoisotopic (exact) mass is 360 g/mol. The van der Waals surface area contributed by atoms with Crippen LogP contribution >= 0.6 is 0 Å². The third kappa shape index (κ3) is 5.78. The highest BCUT2D eigenvalue weighted by molar-refractivity contribution is 5.55. The molecule has 1 aliphatic rings. The molecule has 2 rings (SSSR count). The van der Waals surface area contributed by atoms with Crippen molar-refractivity contribution in [2.24, 2.45) is 17.3 Å². The molecule has 1 aliphatic heterocycles. The summed E-state index contributed by atoms with van der Waals surface area (Å²) in [5.41, 5.74) is 1.22. The lowest BCUT2D eigenvalue weighted by atomic mass is 9.81. The van der Waals surface area contributed by atoms with E-state index in [0.717, 1.165) is 44.7 Å². The molecule has 2 heterocycles. The third-order valence-electron chi connectivity index (χ3n) is 5.18. The van der Waals surface area contributed by atoms with Gasteiger partial charge in [0.1, 0.15) is 12.1 Å². The van der Waals surface area contributed by atoms with Crippen LogP contribution in [0.2, 0.25) is 0 Å². The van der Waals surface area contributed by atoms with E-state index in [2.05, 4.69) is 56.2 Å². The van der Waals surface area contributed by atoms with E-state index < -0.39 is 0 Å². The van der Waals surface area contributed by atoms with Gasteiger partial charge < -0.3 is 20.3 Å². The number of nitrogens with one attached hydrogen (secondary N) is 2. The number of carbonyl (C=O) groups is 1. The lowest BCUT2D eigenvalue weighted by Gasteiger charge is -2.33. The number of aldehydes is 1. The Labute approximate surface area is 159 Å². The Morgan fingerprint density at radius 3 is 2.58 bits per heavy atom. The number of pyridine rings is 1. The van der Waals surface area contributed by atoms with Crippen molar-refractivity contribution in [3.05, 3.63) is 23.9 Å². The van der Waals surface area contributed by atoms with Gasteiger partial charge >= 0.3 is 0 Å². The molecule has 5 nitrogen and oxygen atoms in total. The summed E-state index contributed by atoms with van der Waals surface area (Å²) in [4.78, 5) is 18.7. The second-order valence-electron chi connectivity index (χ2n) is 8.85. The van der Waals surface area contributed by atoms with Crippen molar-refractivity contribution in [2.45, 2.75) is 47.1 Å². The van der Waals surface area contributed by atoms with E-state index in [0.29, 0.717) is 12.5 Å². The quantitative estimate of drug-likeness (QED) is 0.698. The van der Waals surface area contributed by atoms with Gasteiger partial charge in [0.25, 0.3) is 0 Å². The van der Waals surface area contributed by atoms with Gasteiger partial charge in [-0.15, -0.1) is 0 Å². The number of hydrogen-bond acceptors (Lipinski definition) is 5. The average molecular weight is 361 g/mol. The number of rotatable bonds is 8. The molecule has 0 saturated carbocycles. The maximum atomic E-state index is 11.6. The van der Waals surface area contributed by atoms with Crippen molar-refractivity contribution in [2.75, 3.05) is 37.6 Å². The van der Waals surface area contributed by atoms with Gasteiger partial charge in [-0.2, -0.15) is 0 Å². The van der Waals surface area contributed by atoms with Gasteiger partial charge in [0, 0.05) is 56.4 Å². The zero-order valence-corrected chi connectivity index (χ0v) is 17.1. The number of anilines is 1. The summed E-state index contributed by atoms with van der Waals surface area (Å²) in [6, 6.07) is 4.42. The SMILES string of the molecule is CC(C)CC(NC[C@H](C=O)C(C)(C)C)c1cccnc1N1CCNCC1. The molecule has 1 fully saturated rings. The van der Waals surface area contributed by atoms with E-state index in [1.807, 2.05) is 12.3 Å². The molecule has 1 aromatic rings. The van der Waals surface area contributed by atoms with E-state index in [1.165, 1.54) is 5.56 Å². The van der Waals surface area contributed by atoms with Crippen LogP contribution in [0, 0.1) is 17.3 Å². The van der Waals surface area contributed by atoms with E-state index >= 15 is 0 Å². The largest absolute Gasteiger partial charge is 0.354 e. The van der Waals surface area contributed by atoms with Crippen LogP contribution in [0.5, 0.6) is 0 Å². The molecule has 1 unspecified atom stereocenters. The summed E-state index contributed by atoms with van der Waals surface area (Å²) in [6.07, 6.45) is 4.01. The first-order chi connectivity index (χ1) is 12.3. The molecule has 5 heteroatoms. The van der Waals surface area contributed by atoms with Crippen molar-refractivity contribution in [1.82, 2.24) is 15.6 Å². The summed E-state index contributed by atoms with van der Waals surface area (Å²) in [5.74, 6) is 1.65. The molecule has 0 aliphatic carbocycles. The molecule has 1 aromatic heterocycles. The summed E-state index contributed by atoms with van der Waals surface area (Å²) < 4.78 is 0. The van der Waals surface area contributed by atoms with Crippen LogP contribution in [0.4, 0.5) is 5.82 Å². The van der Waals surface area contributed by atoms with Gasteiger partial charge in [-0.3, -0.25) is 0 Å². The average Bonchev–Trinajstić information content (AvgIpc) is 2.60. The predicted molar refractivity (Wildman–Crippen MR) is 109 cm³/mol. The van der Waals surface area contributed by atoms with Crippen LogP contribution in [0.25, 0.3) is 0 Å². The van der Waals surface area contributed by atoms with E-state index in [1.54, 1.807) is 0 Å². The number of carbonyl (C=O) groups excluding carboxylic acids is 1. The minimum absolute atomic E-state index is 0.00327. The van der Waals surface area contributed by atoms with E-state index in [9.17, 15) is 4.79 Å². The zero-order chi connectivity index (χ0) is 19.2. The second kappa shape index (κ2) is 9.47. The van der Waals surface area contributed by atoms with Crippen molar-refractivity contribution < 1.29 is 4.79 Å². The lowest BCUT2D eigenvalue weighted by molar-refractivity contribution is -0.113. The first-order valence-electron chi connectivity index (χ1n) is 9.92. The Hall–Kier alpha value is -1.46. The Morgan fingerprint density at radius 2 is 2.00 bits per heavy atom. The number of piperazine rings is 1. The maximum Gasteiger partial charge on any atom is 0.133 e. The molecular formula is C21H36N4O.